The van der Waals surface area contributed by atoms with Crippen LogP contribution in [0.1, 0.15) is 24.5 Å². The fraction of sp³-hybridized carbons (Fsp3) is 0.462. The summed E-state index contributed by atoms with van der Waals surface area (Å²) in [6, 6.07) is 3.62. The Balaban J connectivity index is 2.18. The summed E-state index contributed by atoms with van der Waals surface area (Å²) in [5.41, 5.74) is 7.59. The Morgan fingerprint density at radius 3 is 3.06 bits per heavy atom. The second kappa shape index (κ2) is 5.07. The van der Waals surface area contributed by atoms with Crippen molar-refractivity contribution in [2.45, 2.75) is 32.2 Å². The third kappa shape index (κ3) is 2.99. The Morgan fingerprint density at radius 2 is 2.35 bits per heavy atom. The lowest BCUT2D eigenvalue weighted by atomic mass is 10.0. The molecule has 0 fully saturated rings. The summed E-state index contributed by atoms with van der Waals surface area (Å²) in [6.07, 6.45) is 1.61. The maximum absolute atomic E-state index is 11.8. The average molecular weight is 254 g/mol. The van der Waals surface area contributed by atoms with E-state index in [0.29, 0.717) is 24.5 Å². The molecule has 1 heterocycles. The lowest BCUT2D eigenvalue weighted by molar-refractivity contribution is -0.118. The topological polar surface area (TPSA) is 52.3 Å². The predicted octanol–water partition coefficient (Wildman–Crippen LogP) is 2.12. The van der Waals surface area contributed by atoms with Gasteiger partial charge in [-0.3, -0.25) is 4.79 Å². The van der Waals surface area contributed by atoms with Crippen molar-refractivity contribution in [3.05, 3.63) is 28.3 Å². The number of carbonyl (C=O) groups excluding carboxylic acids is 1. The Morgan fingerprint density at radius 1 is 1.59 bits per heavy atom. The zero-order chi connectivity index (χ0) is 12.4. The summed E-state index contributed by atoms with van der Waals surface area (Å²) in [7, 11) is 0. The highest BCUT2D eigenvalue weighted by Crippen LogP contribution is 2.33. The molecular formula is C13H16ClNO2. The van der Waals surface area contributed by atoms with E-state index >= 15 is 0 Å². The van der Waals surface area contributed by atoms with Crippen molar-refractivity contribution in [1.82, 2.24) is 0 Å². The Hall–Kier alpha value is -1.06. The Bertz CT molecular complexity index is 443. The van der Waals surface area contributed by atoms with Gasteiger partial charge in [0.2, 0.25) is 0 Å². The molecule has 0 saturated carbocycles. The number of ether oxygens (including phenoxy) is 1. The summed E-state index contributed by atoms with van der Waals surface area (Å²) in [4.78, 5) is 11.8. The largest absolute Gasteiger partial charge is 0.493 e. The Kier molecular flexibility index (Phi) is 3.69. The molecule has 92 valence electrons. The van der Waals surface area contributed by atoms with Crippen LogP contribution in [0.3, 0.4) is 0 Å². The van der Waals surface area contributed by atoms with Gasteiger partial charge in [0.15, 0.2) is 0 Å². The van der Waals surface area contributed by atoms with E-state index in [1.165, 1.54) is 0 Å². The monoisotopic (exact) mass is 253 g/mol. The van der Waals surface area contributed by atoms with Gasteiger partial charge in [-0.05, 0) is 24.6 Å². The van der Waals surface area contributed by atoms with E-state index < -0.39 is 0 Å². The van der Waals surface area contributed by atoms with Gasteiger partial charge in [0.25, 0.3) is 0 Å². The summed E-state index contributed by atoms with van der Waals surface area (Å²) >= 11 is 6.03. The van der Waals surface area contributed by atoms with Crippen LogP contribution in [-0.4, -0.2) is 18.4 Å². The van der Waals surface area contributed by atoms with E-state index in [9.17, 15) is 4.79 Å². The maximum Gasteiger partial charge on any atom is 0.138 e. The normalized spacial score (nSPS) is 15.2. The van der Waals surface area contributed by atoms with Crippen LogP contribution in [-0.2, 0) is 17.6 Å². The fourth-order valence-corrected chi connectivity index (χ4v) is 2.38. The van der Waals surface area contributed by atoms with Gasteiger partial charge in [-0.25, -0.2) is 0 Å². The van der Waals surface area contributed by atoms with Crippen LogP contribution in [0.25, 0.3) is 0 Å². The molecule has 2 rings (SSSR count). The molecule has 0 saturated heterocycles. The molecule has 4 heteroatoms. The molecule has 3 nitrogen and oxygen atoms in total. The number of hydrogen-bond acceptors (Lipinski definition) is 3. The van der Waals surface area contributed by atoms with Crippen LogP contribution < -0.4 is 10.5 Å². The van der Waals surface area contributed by atoms with E-state index in [0.717, 1.165) is 23.3 Å². The van der Waals surface area contributed by atoms with Crippen molar-refractivity contribution >= 4 is 17.4 Å². The van der Waals surface area contributed by atoms with Crippen LogP contribution in [0.4, 0.5) is 0 Å². The Labute approximate surface area is 106 Å². The van der Waals surface area contributed by atoms with Gasteiger partial charge in [0.1, 0.15) is 11.5 Å². The van der Waals surface area contributed by atoms with Crippen molar-refractivity contribution in [1.29, 1.82) is 0 Å². The van der Waals surface area contributed by atoms with Crippen molar-refractivity contribution in [3.8, 4) is 5.75 Å². The second-order valence-corrected chi connectivity index (χ2v) is 4.98. The summed E-state index contributed by atoms with van der Waals surface area (Å²) < 4.78 is 5.55. The lowest BCUT2D eigenvalue weighted by Gasteiger charge is -2.09. The van der Waals surface area contributed by atoms with Crippen LogP contribution in [0.5, 0.6) is 5.75 Å². The number of hydrogen-bond donors (Lipinski definition) is 1. The highest BCUT2D eigenvalue weighted by Gasteiger charge is 2.19. The lowest BCUT2D eigenvalue weighted by Crippen LogP contribution is -2.20. The molecule has 1 unspecified atom stereocenters. The highest BCUT2D eigenvalue weighted by molar-refractivity contribution is 6.30. The third-order valence-corrected chi connectivity index (χ3v) is 2.98. The molecule has 1 atom stereocenters. The average Bonchev–Trinajstić information content (AvgIpc) is 2.63. The van der Waals surface area contributed by atoms with Crippen molar-refractivity contribution in [3.63, 3.8) is 0 Å². The SMILES string of the molecule is CC(N)CC(=O)Cc1cc(Cl)cc2c1OCC2. The van der Waals surface area contributed by atoms with Crippen LogP contribution in [0, 0.1) is 0 Å². The molecular weight excluding hydrogens is 238 g/mol. The molecule has 17 heavy (non-hydrogen) atoms. The molecule has 1 aromatic rings. The van der Waals surface area contributed by atoms with Crippen molar-refractivity contribution in [2.75, 3.05) is 6.61 Å². The minimum Gasteiger partial charge on any atom is -0.493 e. The minimum atomic E-state index is -0.101. The van der Waals surface area contributed by atoms with E-state index in [1.807, 2.05) is 19.1 Å². The molecule has 1 aromatic carbocycles. The second-order valence-electron chi connectivity index (χ2n) is 4.55. The molecule has 0 aliphatic carbocycles. The van der Waals surface area contributed by atoms with Crippen LogP contribution in [0.15, 0.2) is 12.1 Å². The van der Waals surface area contributed by atoms with Gasteiger partial charge < -0.3 is 10.5 Å². The van der Waals surface area contributed by atoms with Gasteiger partial charge in [0, 0.05) is 35.9 Å². The zero-order valence-corrected chi connectivity index (χ0v) is 10.6. The van der Waals surface area contributed by atoms with Gasteiger partial charge in [0.05, 0.1) is 6.61 Å². The standard InChI is InChI=1S/C13H16ClNO2/c1-8(15)4-12(16)7-10-6-11(14)5-9-2-3-17-13(9)10/h5-6,8H,2-4,7,15H2,1H3. The summed E-state index contributed by atoms with van der Waals surface area (Å²) in [6.45, 7) is 2.50. The van der Waals surface area contributed by atoms with E-state index in [2.05, 4.69) is 0 Å². The number of Topliss-reactive ketones (excluding diaryl/α,β-unsaturated/α-hetero) is 1. The molecule has 2 N–H and O–H groups in total. The first kappa shape index (κ1) is 12.4. The molecule has 0 amide bonds. The minimum absolute atomic E-state index is 0.101. The molecule has 0 bridgehead atoms. The van der Waals surface area contributed by atoms with E-state index in [-0.39, 0.29) is 11.8 Å². The number of ketones is 1. The first-order valence-electron chi connectivity index (χ1n) is 5.77. The predicted molar refractivity (Wildman–Crippen MR) is 67.6 cm³/mol. The van der Waals surface area contributed by atoms with Crippen molar-refractivity contribution in [2.24, 2.45) is 5.73 Å². The molecule has 1 aliphatic heterocycles. The highest BCUT2D eigenvalue weighted by atomic mass is 35.5. The van der Waals surface area contributed by atoms with Gasteiger partial charge in [-0.15, -0.1) is 0 Å². The van der Waals surface area contributed by atoms with Crippen molar-refractivity contribution < 1.29 is 9.53 Å². The van der Waals surface area contributed by atoms with E-state index in [4.69, 9.17) is 22.1 Å². The van der Waals surface area contributed by atoms with Gasteiger partial charge in [-0.2, -0.15) is 0 Å². The smallest absolute Gasteiger partial charge is 0.138 e. The maximum atomic E-state index is 11.8. The number of benzene rings is 1. The molecule has 0 aromatic heterocycles. The molecule has 1 aliphatic rings. The summed E-state index contributed by atoms with van der Waals surface area (Å²) in [5, 5.41) is 0.665. The van der Waals surface area contributed by atoms with E-state index in [1.54, 1.807) is 0 Å². The number of fused-ring (bicyclic) bond motifs is 1. The number of rotatable bonds is 4. The third-order valence-electron chi connectivity index (χ3n) is 2.76. The van der Waals surface area contributed by atoms with Gasteiger partial charge in [-0.1, -0.05) is 11.6 Å². The van der Waals surface area contributed by atoms with Crippen LogP contribution >= 0.6 is 11.6 Å². The molecule has 0 radical (unpaired) electrons. The summed E-state index contributed by atoms with van der Waals surface area (Å²) in [5.74, 6) is 0.965. The number of nitrogens with two attached hydrogens (primary N) is 1. The van der Waals surface area contributed by atoms with Crippen LogP contribution in [0.2, 0.25) is 5.02 Å². The fourth-order valence-electron chi connectivity index (χ4n) is 2.12. The van der Waals surface area contributed by atoms with Gasteiger partial charge >= 0.3 is 0 Å². The molecule has 0 spiro atoms. The first-order chi connectivity index (χ1) is 8.06. The zero-order valence-electron chi connectivity index (χ0n) is 9.83. The quantitative estimate of drug-likeness (QED) is 0.894. The number of carbonyl (C=O) groups is 1. The first-order valence-corrected chi connectivity index (χ1v) is 6.15. The number of halogens is 1.